The van der Waals surface area contributed by atoms with Gasteiger partial charge in [-0.1, -0.05) is 40.2 Å². The van der Waals surface area contributed by atoms with Crippen LogP contribution in [0.15, 0.2) is 59.2 Å². The number of fused-ring (bicyclic) bond motifs is 1. The molecule has 0 saturated carbocycles. The Kier molecular flexibility index (Phi) is 2.76. The molecule has 18 heavy (non-hydrogen) atoms. The lowest BCUT2D eigenvalue weighted by Gasteiger charge is -2.03. The molecule has 0 atom stereocenters. The molecule has 0 saturated heterocycles. The molecule has 3 rings (SSSR count). The molecule has 1 N–H and O–H groups in total. The van der Waals surface area contributed by atoms with E-state index < -0.39 is 0 Å². The molecule has 3 aromatic rings. The minimum Gasteiger partial charge on any atom is -0.361 e. The van der Waals surface area contributed by atoms with Crippen molar-refractivity contribution < 1.29 is 4.79 Å². The quantitative estimate of drug-likeness (QED) is 0.708. The molecule has 0 bridgehead atoms. The average Bonchev–Trinajstić information content (AvgIpc) is 2.86. The van der Waals surface area contributed by atoms with Gasteiger partial charge in [0.15, 0.2) is 5.78 Å². The number of para-hydroxylation sites is 1. The van der Waals surface area contributed by atoms with Gasteiger partial charge in [-0.25, -0.2) is 0 Å². The second-order valence-electron chi connectivity index (χ2n) is 4.09. The summed E-state index contributed by atoms with van der Waals surface area (Å²) >= 11 is 3.39. The van der Waals surface area contributed by atoms with E-state index in [9.17, 15) is 4.79 Å². The van der Waals surface area contributed by atoms with E-state index in [2.05, 4.69) is 20.9 Å². The highest BCUT2D eigenvalue weighted by Crippen LogP contribution is 2.21. The van der Waals surface area contributed by atoms with Crippen LogP contribution < -0.4 is 0 Å². The van der Waals surface area contributed by atoms with Crippen LogP contribution in [0.2, 0.25) is 0 Å². The largest absolute Gasteiger partial charge is 0.361 e. The number of hydrogen-bond acceptors (Lipinski definition) is 1. The van der Waals surface area contributed by atoms with Crippen molar-refractivity contribution in [1.29, 1.82) is 0 Å². The van der Waals surface area contributed by atoms with Gasteiger partial charge in [0.25, 0.3) is 0 Å². The average molecular weight is 300 g/mol. The maximum atomic E-state index is 12.5. The summed E-state index contributed by atoms with van der Waals surface area (Å²) in [6.45, 7) is 0. The van der Waals surface area contributed by atoms with E-state index in [1.54, 1.807) is 0 Å². The van der Waals surface area contributed by atoms with Gasteiger partial charge in [0.2, 0.25) is 0 Å². The standard InChI is InChI=1S/C15H10BrNO/c16-12-5-1-4-11(9-12)15(18)13-6-2-3-10-7-8-17-14(10)13/h1-9,17H. The Morgan fingerprint density at radius 2 is 1.89 bits per heavy atom. The number of H-pyrrole nitrogens is 1. The van der Waals surface area contributed by atoms with Gasteiger partial charge >= 0.3 is 0 Å². The van der Waals surface area contributed by atoms with Gasteiger partial charge in [-0.05, 0) is 24.3 Å². The van der Waals surface area contributed by atoms with Gasteiger partial charge in [-0.15, -0.1) is 0 Å². The minimum atomic E-state index is 0.0318. The predicted molar refractivity (Wildman–Crippen MR) is 75.9 cm³/mol. The van der Waals surface area contributed by atoms with Crippen LogP contribution >= 0.6 is 15.9 Å². The molecule has 1 heterocycles. The summed E-state index contributed by atoms with van der Waals surface area (Å²) in [6.07, 6.45) is 1.85. The van der Waals surface area contributed by atoms with Gasteiger partial charge in [0.05, 0.1) is 5.52 Å². The first kappa shape index (κ1) is 11.2. The molecule has 3 heteroatoms. The van der Waals surface area contributed by atoms with Crippen LogP contribution in [0.1, 0.15) is 15.9 Å². The van der Waals surface area contributed by atoms with Crippen LogP contribution in [0.25, 0.3) is 10.9 Å². The van der Waals surface area contributed by atoms with Crippen LogP contribution in [0.5, 0.6) is 0 Å². The van der Waals surface area contributed by atoms with Gasteiger partial charge in [-0.3, -0.25) is 4.79 Å². The topological polar surface area (TPSA) is 32.9 Å². The fraction of sp³-hybridized carbons (Fsp3) is 0. The number of benzene rings is 2. The third-order valence-electron chi connectivity index (χ3n) is 2.92. The highest BCUT2D eigenvalue weighted by molar-refractivity contribution is 9.10. The fourth-order valence-corrected chi connectivity index (χ4v) is 2.46. The summed E-state index contributed by atoms with van der Waals surface area (Å²) in [5.74, 6) is 0.0318. The third-order valence-corrected chi connectivity index (χ3v) is 3.41. The zero-order chi connectivity index (χ0) is 12.5. The lowest BCUT2D eigenvalue weighted by atomic mass is 10.0. The van der Waals surface area contributed by atoms with Gasteiger partial charge < -0.3 is 4.98 Å². The Bertz CT molecular complexity index is 730. The van der Waals surface area contributed by atoms with E-state index in [1.807, 2.05) is 54.7 Å². The molecule has 2 aromatic carbocycles. The summed E-state index contributed by atoms with van der Waals surface area (Å²) in [7, 11) is 0. The molecule has 0 amide bonds. The van der Waals surface area contributed by atoms with Gasteiger partial charge in [0.1, 0.15) is 0 Å². The monoisotopic (exact) mass is 299 g/mol. The molecular weight excluding hydrogens is 290 g/mol. The number of aromatic nitrogens is 1. The lowest BCUT2D eigenvalue weighted by molar-refractivity contribution is 0.104. The summed E-state index contributed by atoms with van der Waals surface area (Å²) < 4.78 is 0.909. The third kappa shape index (κ3) is 1.87. The maximum Gasteiger partial charge on any atom is 0.195 e. The molecule has 0 spiro atoms. The van der Waals surface area contributed by atoms with E-state index in [0.29, 0.717) is 11.1 Å². The van der Waals surface area contributed by atoms with Crippen molar-refractivity contribution in [1.82, 2.24) is 4.98 Å². The number of nitrogens with one attached hydrogen (secondary N) is 1. The highest BCUT2D eigenvalue weighted by atomic mass is 79.9. The zero-order valence-corrected chi connectivity index (χ0v) is 11.1. The molecule has 2 nitrogen and oxygen atoms in total. The number of carbonyl (C=O) groups excluding carboxylic acids is 1. The number of hydrogen-bond donors (Lipinski definition) is 1. The Balaban J connectivity index is 2.15. The van der Waals surface area contributed by atoms with Crippen molar-refractivity contribution in [3.8, 4) is 0 Å². The number of ketones is 1. The molecular formula is C15H10BrNO. The molecule has 0 aliphatic rings. The van der Waals surface area contributed by atoms with Crippen molar-refractivity contribution in [2.45, 2.75) is 0 Å². The lowest BCUT2D eigenvalue weighted by Crippen LogP contribution is -2.01. The van der Waals surface area contributed by atoms with Crippen LogP contribution in [0, 0.1) is 0 Å². The Hall–Kier alpha value is -1.87. The summed E-state index contributed by atoms with van der Waals surface area (Å²) in [5.41, 5.74) is 2.28. The molecule has 0 aliphatic carbocycles. The highest BCUT2D eigenvalue weighted by Gasteiger charge is 2.12. The van der Waals surface area contributed by atoms with Gasteiger partial charge in [0, 0.05) is 27.2 Å². The number of rotatable bonds is 2. The van der Waals surface area contributed by atoms with Crippen LogP contribution in [0.3, 0.4) is 0 Å². The predicted octanol–water partition coefficient (Wildman–Crippen LogP) is 4.16. The van der Waals surface area contributed by atoms with Crippen LogP contribution in [0.4, 0.5) is 0 Å². The second-order valence-corrected chi connectivity index (χ2v) is 5.00. The Morgan fingerprint density at radius 3 is 2.72 bits per heavy atom. The SMILES string of the molecule is O=C(c1cccc(Br)c1)c1cccc2cc[nH]c12. The Labute approximate surface area is 113 Å². The van der Waals surface area contributed by atoms with Crippen LogP contribution in [-0.4, -0.2) is 10.8 Å². The number of aromatic amines is 1. The van der Waals surface area contributed by atoms with E-state index in [4.69, 9.17) is 0 Å². The summed E-state index contributed by atoms with van der Waals surface area (Å²) in [6, 6.07) is 15.1. The normalized spacial score (nSPS) is 10.7. The van der Waals surface area contributed by atoms with Crippen molar-refractivity contribution in [3.63, 3.8) is 0 Å². The van der Waals surface area contributed by atoms with E-state index in [-0.39, 0.29) is 5.78 Å². The summed E-state index contributed by atoms with van der Waals surface area (Å²) in [4.78, 5) is 15.6. The molecule has 0 unspecified atom stereocenters. The Morgan fingerprint density at radius 1 is 1.06 bits per heavy atom. The first-order valence-electron chi connectivity index (χ1n) is 5.62. The van der Waals surface area contributed by atoms with E-state index >= 15 is 0 Å². The van der Waals surface area contributed by atoms with Crippen molar-refractivity contribution in [2.75, 3.05) is 0 Å². The number of halogens is 1. The zero-order valence-electron chi connectivity index (χ0n) is 9.48. The molecule has 0 radical (unpaired) electrons. The van der Waals surface area contributed by atoms with Crippen molar-refractivity contribution in [2.24, 2.45) is 0 Å². The van der Waals surface area contributed by atoms with Crippen molar-refractivity contribution in [3.05, 3.63) is 70.3 Å². The second kappa shape index (κ2) is 4.42. The first-order chi connectivity index (χ1) is 8.75. The molecule has 0 aliphatic heterocycles. The van der Waals surface area contributed by atoms with Gasteiger partial charge in [-0.2, -0.15) is 0 Å². The molecule has 88 valence electrons. The van der Waals surface area contributed by atoms with E-state index in [0.717, 1.165) is 15.4 Å². The fourth-order valence-electron chi connectivity index (χ4n) is 2.06. The first-order valence-corrected chi connectivity index (χ1v) is 6.41. The maximum absolute atomic E-state index is 12.5. The van der Waals surface area contributed by atoms with E-state index in [1.165, 1.54) is 0 Å². The summed E-state index contributed by atoms with van der Waals surface area (Å²) in [5, 5.41) is 1.05. The smallest absolute Gasteiger partial charge is 0.195 e. The van der Waals surface area contributed by atoms with Crippen LogP contribution in [-0.2, 0) is 0 Å². The molecule has 1 aromatic heterocycles. The van der Waals surface area contributed by atoms with Crippen molar-refractivity contribution >= 4 is 32.6 Å². The molecule has 0 fully saturated rings. The minimum absolute atomic E-state index is 0.0318. The number of carbonyl (C=O) groups is 1.